The molecule has 172 valence electrons. The van der Waals surface area contributed by atoms with Crippen LogP contribution in [0.15, 0.2) is 30.3 Å². The van der Waals surface area contributed by atoms with Gasteiger partial charge in [0.15, 0.2) is 6.10 Å². The molecule has 0 bridgehead atoms. The van der Waals surface area contributed by atoms with Crippen molar-refractivity contribution >= 4 is 18.0 Å². The highest BCUT2D eigenvalue weighted by Gasteiger charge is 2.28. The number of carboxylic acid groups (broad SMARTS) is 1. The molecule has 0 spiro atoms. The summed E-state index contributed by atoms with van der Waals surface area (Å²) < 4.78 is 5.21. The fourth-order valence-corrected chi connectivity index (χ4v) is 3.34. The Labute approximate surface area is 181 Å². The second kappa shape index (κ2) is 12.8. The molecule has 31 heavy (non-hydrogen) atoms. The first-order valence-corrected chi connectivity index (χ1v) is 10.5. The Morgan fingerprint density at radius 1 is 1.10 bits per heavy atom. The first kappa shape index (κ1) is 24.4. The van der Waals surface area contributed by atoms with Crippen molar-refractivity contribution in [2.75, 3.05) is 32.8 Å². The van der Waals surface area contributed by atoms with Crippen LogP contribution < -0.4 is 16.0 Å². The van der Waals surface area contributed by atoms with Gasteiger partial charge in [0.25, 0.3) is 5.91 Å². The van der Waals surface area contributed by atoms with E-state index in [1.54, 1.807) is 11.8 Å². The van der Waals surface area contributed by atoms with Crippen molar-refractivity contribution in [1.82, 2.24) is 20.9 Å². The van der Waals surface area contributed by atoms with E-state index in [2.05, 4.69) is 16.0 Å². The second-order valence-corrected chi connectivity index (χ2v) is 7.47. The molecule has 1 heterocycles. The van der Waals surface area contributed by atoms with Gasteiger partial charge in [-0.15, -0.1) is 0 Å². The molecule has 3 atom stereocenters. The third kappa shape index (κ3) is 8.42. The monoisotopic (exact) mass is 436 g/mol. The summed E-state index contributed by atoms with van der Waals surface area (Å²) in [5.41, 5.74) is 0.877. The Kier molecular flexibility index (Phi) is 10.0. The number of ether oxygens (including phenoxy) is 1. The van der Waals surface area contributed by atoms with E-state index in [0.29, 0.717) is 45.7 Å². The summed E-state index contributed by atoms with van der Waals surface area (Å²) in [6.07, 6.45) is -1.47. The number of unbranched alkanes of at least 4 members (excludes halogenated alkanes) is 1. The van der Waals surface area contributed by atoms with Crippen LogP contribution in [0.2, 0.25) is 0 Å². The Bertz CT molecular complexity index is 711. The summed E-state index contributed by atoms with van der Waals surface area (Å²) in [5.74, 6) is -0.643. The minimum Gasteiger partial charge on any atom is -0.465 e. The lowest BCUT2D eigenvalue weighted by molar-refractivity contribution is -0.131. The van der Waals surface area contributed by atoms with Crippen molar-refractivity contribution in [3.63, 3.8) is 0 Å². The number of carbonyl (C=O) groups excluding carboxylic acids is 2. The zero-order valence-electron chi connectivity index (χ0n) is 17.8. The normalized spacial score (nSPS) is 16.6. The van der Waals surface area contributed by atoms with Crippen LogP contribution in [0.25, 0.3) is 0 Å². The van der Waals surface area contributed by atoms with E-state index in [-0.39, 0.29) is 18.5 Å². The number of benzene rings is 1. The van der Waals surface area contributed by atoms with Crippen molar-refractivity contribution in [3.8, 4) is 0 Å². The van der Waals surface area contributed by atoms with Gasteiger partial charge >= 0.3 is 12.1 Å². The van der Waals surface area contributed by atoms with Crippen LogP contribution in [0.4, 0.5) is 9.59 Å². The first-order chi connectivity index (χ1) is 14.9. The molecule has 0 radical (unpaired) electrons. The Balaban J connectivity index is 1.77. The van der Waals surface area contributed by atoms with E-state index in [9.17, 15) is 19.5 Å². The van der Waals surface area contributed by atoms with E-state index < -0.39 is 24.1 Å². The van der Waals surface area contributed by atoms with Crippen LogP contribution in [-0.4, -0.2) is 78.1 Å². The van der Waals surface area contributed by atoms with Gasteiger partial charge in [0.05, 0.1) is 25.3 Å². The van der Waals surface area contributed by atoms with Crippen LogP contribution >= 0.6 is 0 Å². The molecule has 1 aliphatic rings. The molecule has 0 saturated carbocycles. The van der Waals surface area contributed by atoms with E-state index in [0.717, 1.165) is 5.56 Å². The molecule has 10 heteroatoms. The zero-order chi connectivity index (χ0) is 22.6. The largest absolute Gasteiger partial charge is 0.465 e. The summed E-state index contributed by atoms with van der Waals surface area (Å²) in [7, 11) is 0. The third-order valence-corrected chi connectivity index (χ3v) is 5.13. The average molecular weight is 437 g/mol. The topological polar surface area (TPSA) is 140 Å². The molecular formula is C21H32N4O6. The lowest BCUT2D eigenvalue weighted by Crippen LogP contribution is -2.50. The predicted molar refractivity (Wildman–Crippen MR) is 114 cm³/mol. The second-order valence-electron chi connectivity index (χ2n) is 7.47. The fraction of sp³-hybridized carbons (Fsp3) is 0.571. The number of hydrogen-bond acceptors (Lipinski definition) is 5. The molecule has 10 nitrogen and oxygen atoms in total. The molecule has 0 aromatic heterocycles. The van der Waals surface area contributed by atoms with E-state index in [1.807, 2.05) is 30.3 Å². The summed E-state index contributed by atoms with van der Waals surface area (Å²) >= 11 is 0. The van der Waals surface area contributed by atoms with Crippen molar-refractivity contribution < 1.29 is 29.3 Å². The Morgan fingerprint density at radius 3 is 2.42 bits per heavy atom. The number of nitrogens with one attached hydrogen (secondary N) is 3. The number of urea groups is 1. The Hall–Kier alpha value is -2.85. The van der Waals surface area contributed by atoms with Gasteiger partial charge in [-0.3, -0.25) is 4.79 Å². The predicted octanol–water partition coefficient (Wildman–Crippen LogP) is 1.07. The minimum absolute atomic E-state index is 0.155. The zero-order valence-corrected chi connectivity index (χ0v) is 17.8. The smallest absolute Gasteiger partial charge is 0.404 e. The molecule has 2 rings (SSSR count). The van der Waals surface area contributed by atoms with Gasteiger partial charge in [-0.1, -0.05) is 30.3 Å². The quantitative estimate of drug-likeness (QED) is 0.348. The molecular weight excluding hydrogens is 404 g/mol. The number of amides is 4. The van der Waals surface area contributed by atoms with Gasteiger partial charge in [-0.2, -0.15) is 0 Å². The highest BCUT2D eigenvalue weighted by Crippen LogP contribution is 2.13. The van der Waals surface area contributed by atoms with Crippen molar-refractivity contribution in [2.45, 2.75) is 44.4 Å². The molecule has 5 N–H and O–H groups in total. The molecule has 4 amide bonds. The lowest BCUT2D eigenvalue weighted by Gasteiger charge is -2.27. The van der Waals surface area contributed by atoms with E-state index in [4.69, 9.17) is 9.84 Å². The van der Waals surface area contributed by atoms with Crippen LogP contribution in [-0.2, 0) is 9.53 Å². The highest BCUT2D eigenvalue weighted by molar-refractivity contribution is 5.82. The molecule has 0 aliphatic carbocycles. The van der Waals surface area contributed by atoms with Crippen LogP contribution in [0.3, 0.4) is 0 Å². The SMILES string of the molecule is C[C@@H](NC(=O)C(O)[C@H](CCCCNC(=O)N1CCOCC1)NC(=O)O)c1ccccc1. The van der Waals surface area contributed by atoms with Crippen molar-refractivity contribution in [1.29, 1.82) is 0 Å². The maximum absolute atomic E-state index is 12.4. The highest BCUT2D eigenvalue weighted by atomic mass is 16.5. The molecule has 1 aliphatic heterocycles. The van der Waals surface area contributed by atoms with Crippen molar-refractivity contribution in [3.05, 3.63) is 35.9 Å². The first-order valence-electron chi connectivity index (χ1n) is 10.5. The van der Waals surface area contributed by atoms with Crippen LogP contribution in [0, 0.1) is 0 Å². The van der Waals surface area contributed by atoms with Crippen molar-refractivity contribution in [2.24, 2.45) is 0 Å². The number of aliphatic hydroxyl groups excluding tert-OH is 1. The van der Waals surface area contributed by atoms with Gasteiger partial charge < -0.3 is 35.8 Å². The molecule has 1 saturated heterocycles. The van der Waals surface area contributed by atoms with Gasteiger partial charge in [-0.25, -0.2) is 9.59 Å². The maximum Gasteiger partial charge on any atom is 0.404 e. The number of carbonyl (C=O) groups is 3. The number of morpholine rings is 1. The average Bonchev–Trinajstić information content (AvgIpc) is 2.78. The van der Waals surface area contributed by atoms with Gasteiger partial charge in [0.1, 0.15) is 0 Å². The van der Waals surface area contributed by atoms with E-state index in [1.165, 1.54) is 0 Å². The number of rotatable bonds is 10. The fourth-order valence-electron chi connectivity index (χ4n) is 3.34. The number of aliphatic hydroxyl groups is 1. The lowest BCUT2D eigenvalue weighted by atomic mass is 10.0. The number of nitrogens with zero attached hydrogens (tertiary/aromatic N) is 1. The van der Waals surface area contributed by atoms with Crippen LogP contribution in [0.5, 0.6) is 0 Å². The standard InChI is InChI=1S/C21H32N4O6/c1-15(16-7-3-2-4-8-16)23-19(27)18(26)17(24-21(29)30)9-5-6-10-22-20(28)25-11-13-31-14-12-25/h2-4,7-8,15,17-18,24,26H,5-6,9-14H2,1H3,(H,22,28)(H,23,27)(H,29,30)/t15-,17+,18?/m1/s1. The van der Waals surface area contributed by atoms with Crippen LogP contribution in [0.1, 0.15) is 37.8 Å². The Morgan fingerprint density at radius 2 is 1.77 bits per heavy atom. The molecule has 1 unspecified atom stereocenters. The number of hydrogen-bond donors (Lipinski definition) is 5. The molecule has 1 aromatic rings. The third-order valence-electron chi connectivity index (χ3n) is 5.13. The summed E-state index contributed by atoms with van der Waals surface area (Å²) in [5, 5.41) is 27.2. The molecule has 1 fully saturated rings. The summed E-state index contributed by atoms with van der Waals surface area (Å²) in [6, 6.07) is 7.84. The summed E-state index contributed by atoms with van der Waals surface area (Å²) in [6.45, 7) is 4.37. The van der Waals surface area contributed by atoms with E-state index >= 15 is 0 Å². The molecule has 1 aromatic carbocycles. The minimum atomic E-state index is -1.52. The van der Waals surface area contributed by atoms with Gasteiger partial charge in [0, 0.05) is 19.6 Å². The van der Waals surface area contributed by atoms with Gasteiger partial charge in [-0.05, 0) is 31.7 Å². The maximum atomic E-state index is 12.4. The summed E-state index contributed by atoms with van der Waals surface area (Å²) in [4.78, 5) is 37.3. The van der Waals surface area contributed by atoms with Gasteiger partial charge in [0.2, 0.25) is 0 Å².